The Bertz CT molecular complexity index is 484. The summed E-state index contributed by atoms with van der Waals surface area (Å²) in [6.07, 6.45) is 3.96. The largest absolute Gasteiger partial charge is 0.298 e. The second kappa shape index (κ2) is 7.06. The normalized spacial score (nSPS) is 10.8. The number of rotatable bonds is 5. The zero-order valence-electron chi connectivity index (χ0n) is 9.78. The third kappa shape index (κ3) is 4.41. The average molecular weight is 270 g/mol. The van der Waals surface area contributed by atoms with Crippen LogP contribution >= 0.6 is 11.8 Å². The maximum atomic E-state index is 13.4. The van der Waals surface area contributed by atoms with Crippen molar-refractivity contribution in [3.63, 3.8) is 0 Å². The number of benzene rings is 1. The van der Waals surface area contributed by atoms with Gasteiger partial charge in [0.05, 0.1) is 5.56 Å². The number of hydrogen-bond acceptors (Lipinski definition) is 3. The first-order valence-electron chi connectivity index (χ1n) is 5.28. The van der Waals surface area contributed by atoms with Crippen LogP contribution in [0.15, 0.2) is 18.2 Å². The zero-order valence-corrected chi connectivity index (χ0v) is 10.6. The Morgan fingerprint density at radius 3 is 2.50 bits per heavy atom. The summed E-state index contributed by atoms with van der Waals surface area (Å²) >= 11 is 1.18. The molecule has 0 radical (unpaired) electrons. The second-order valence-electron chi connectivity index (χ2n) is 3.54. The van der Waals surface area contributed by atoms with Crippen LogP contribution in [0.3, 0.4) is 0 Å². The van der Waals surface area contributed by atoms with E-state index < -0.39 is 11.6 Å². The molecule has 0 aliphatic carbocycles. The summed E-state index contributed by atoms with van der Waals surface area (Å²) in [5, 5.41) is 0.0240. The number of halogens is 2. The second-order valence-corrected chi connectivity index (χ2v) is 4.82. The Kier molecular flexibility index (Phi) is 5.71. The van der Waals surface area contributed by atoms with Gasteiger partial charge in [0.1, 0.15) is 11.6 Å². The van der Waals surface area contributed by atoms with Crippen LogP contribution in [-0.2, 0) is 4.79 Å². The van der Waals surface area contributed by atoms with Crippen molar-refractivity contribution in [3.05, 3.63) is 41.0 Å². The van der Waals surface area contributed by atoms with Gasteiger partial charge in [0.25, 0.3) is 0 Å². The molecule has 0 spiro atoms. The molecule has 0 amide bonds. The summed E-state index contributed by atoms with van der Waals surface area (Å²) in [5.74, 6) is -0.791. The standard InChI is InChI=1S/C13H12F2O2S/c1-9(17)18-5-3-2-4-10-6-13(15)11(8-16)7-12(10)14/h2,4,6-8H,3,5H2,1H3. The number of allylic oxidation sites excluding steroid dienone is 1. The van der Waals surface area contributed by atoms with Crippen LogP contribution in [0.25, 0.3) is 6.08 Å². The summed E-state index contributed by atoms with van der Waals surface area (Å²) in [7, 11) is 0. The highest BCUT2D eigenvalue weighted by Crippen LogP contribution is 2.15. The molecule has 0 fully saturated rings. The molecule has 0 aliphatic heterocycles. The molecule has 1 rings (SSSR count). The highest BCUT2D eigenvalue weighted by molar-refractivity contribution is 8.13. The van der Waals surface area contributed by atoms with E-state index in [1.807, 2.05) is 0 Å². The quantitative estimate of drug-likeness (QED) is 0.607. The molecule has 5 heteroatoms. The van der Waals surface area contributed by atoms with Crippen LogP contribution in [0.2, 0.25) is 0 Å². The Balaban J connectivity index is 2.67. The fourth-order valence-corrected chi connectivity index (χ4v) is 1.82. The van der Waals surface area contributed by atoms with E-state index in [2.05, 4.69) is 0 Å². The molecular weight excluding hydrogens is 258 g/mol. The molecule has 2 nitrogen and oxygen atoms in total. The minimum absolute atomic E-state index is 0.0240. The summed E-state index contributed by atoms with van der Waals surface area (Å²) in [5.41, 5.74) is -0.206. The van der Waals surface area contributed by atoms with Gasteiger partial charge < -0.3 is 0 Å². The third-order valence-electron chi connectivity index (χ3n) is 2.13. The summed E-state index contributed by atoms with van der Waals surface area (Å²) < 4.78 is 26.6. The van der Waals surface area contributed by atoms with Crippen LogP contribution < -0.4 is 0 Å². The minimum Gasteiger partial charge on any atom is -0.298 e. The first-order valence-corrected chi connectivity index (χ1v) is 6.27. The summed E-state index contributed by atoms with van der Waals surface area (Å²) in [6.45, 7) is 1.47. The van der Waals surface area contributed by atoms with Crippen molar-refractivity contribution in [1.29, 1.82) is 0 Å². The summed E-state index contributed by atoms with van der Waals surface area (Å²) in [6, 6.07) is 1.85. The van der Waals surface area contributed by atoms with E-state index in [1.165, 1.54) is 24.8 Å². The molecule has 0 aliphatic rings. The lowest BCUT2D eigenvalue weighted by atomic mass is 10.1. The first-order chi connectivity index (χ1) is 8.54. The Morgan fingerprint density at radius 1 is 1.28 bits per heavy atom. The number of carbonyl (C=O) groups excluding carboxylic acids is 2. The molecule has 0 bridgehead atoms. The maximum Gasteiger partial charge on any atom is 0.185 e. The van der Waals surface area contributed by atoms with Gasteiger partial charge in [0.2, 0.25) is 0 Å². The van der Waals surface area contributed by atoms with Crippen molar-refractivity contribution in [2.24, 2.45) is 0 Å². The Morgan fingerprint density at radius 2 is 1.89 bits per heavy atom. The van der Waals surface area contributed by atoms with Gasteiger partial charge >= 0.3 is 0 Å². The van der Waals surface area contributed by atoms with E-state index in [4.69, 9.17) is 0 Å². The SMILES string of the molecule is CC(=O)SCCC=Cc1cc(F)c(C=O)cc1F. The molecule has 1 aromatic rings. The minimum atomic E-state index is -0.746. The van der Waals surface area contributed by atoms with E-state index in [0.717, 1.165) is 12.1 Å². The van der Waals surface area contributed by atoms with Crippen LogP contribution in [0.1, 0.15) is 29.3 Å². The van der Waals surface area contributed by atoms with Gasteiger partial charge in [-0.25, -0.2) is 8.78 Å². The van der Waals surface area contributed by atoms with Gasteiger partial charge in [-0.2, -0.15) is 0 Å². The van der Waals surface area contributed by atoms with Crippen LogP contribution in [0, 0.1) is 11.6 Å². The lowest BCUT2D eigenvalue weighted by Crippen LogP contribution is -1.92. The molecular formula is C13H12F2O2S. The molecule has 0 N–H and O–H groups in total. The fraction of sp³-hybridized carbons (Fsp3) is 0.231. The molecule has 18 heavy (non-hydrogen) atoms. The predicted molar refractivity (Wildman–Crippen MR) is 68.5 cm³/mol. The van der Waals surface area contributed by atoms with Gasteiger partial charge in [-0.3, -0.25) is 9.59 Å². The molecule has 0 atom stereocenters. The van der Waals surface area contributed by atoms with Gasteiger partial charge in [-0.05, 0) is 18.6 Å². The van der Waals surface area contributed by atoms with Gasteiger partial charge in [-0.15, -0.1) is 0 Å². The zero-order chi connectivity index (χ0) is 13.5. The van der Waals surface area contributed by atoms with E-state index in [9.17, 15) is 18.4 Å². The average Bonchev–Trinajstić information content (AvgIpc) is 2.32. The monoisotopic (exact) mass is 270 g/mol. The Hall–Kier alpha value is -1.49. The van der Waals surface area contributed by atoms with Crippen molar-refractivity contribution >= 4 is 29.2 Å². The molecule has 1 aromatic carbocycles. The molecule has 96 valence electrons. The lowest BCUT2D eigenvalue weighted by molar-refractivity contribution is -0.109. The number of hydrogen-bond donors (Lipinski definition) is 0. The first kappa shape index (κ1) is 14.6. The number of aldehydes is 1. The van der Waals surface area contributed by atoms with Gasteiger partial charge in [0, 0.05) is 18.2 Å². The maximum absolute atomic E-state index is 13.4. The Labute approximate surface area is 108 Å². The molecule has 0 saturated carbocycles. The van der Waals surface area contributed by atoms with Crippen molar-refractivity contribution in [3.8, 4) is 0 Å². The van der Waals surface area contributed by atoms with Crippen LogP contribution in [0.4, 0.5) is 8.78 Å². The molecule has 0 saturated heterocycles. The predicted octanol–water partition coefficient (Wildman–Crippen LogP) is 3.46. The highest BCUT2D eigenvalue weighted by Gasteiger charge is 2.06. The van der Waals surface area contributed by atoms with Crippen molar-refractivity contribution in [2.45, 2.75) is 13.3 Å². The molecule has 0 heterocycles. The van der Waals surface area contributed by atoms with Crippen molar-refractivity contribution in [1.82, 2.24) is 0 Å². The molecule has 0 aromatic heterocycles. The third-order valence-corrected chi connectivity index (χ3v) is 2.98. The highest BCUT2D eigenvalue weighted by atomic mass is 32.2. The van der Waals surface area contributed by atoms with Crippen LogP contribution in [0.5, 0.6) is 0 Å². The fourth-order valence-electron chi connectivity index (χ4n) is 1.28. The molecule has 0 unspecified atom stereocenters. The topological polar surface area (TPSA) is 34.1 Å². The lowest BCUT2D eigenvalue weighted by Gasteiger charge is -2.00. The van der Waals surface area contributed by atoms with Gasteiger partial charge in [0.15, 0.2) is 11.4 Å². The van der Waals surface area contributed by atoms with E-state index >= 15 is 0 Å². The van der Waals surface area contributed by atoms with Crippen molar-refractivity contribution < 1.29 is 18.4 Å². The van der Waals surface area contributed by atoms with E-state index in [0.29, 0.717) is 12.2 Å². The van der Waals surface area contributed by atoms with Crippen molar-refractivity contribution in [2.75, 3.05) is 5.75 Å². The van der Waals surface area contributed by atoms with Crippen LogP contribution in [-0.4, -0.2) is 17.2 Å². The smallest absolute Gasteiger partial charge is 0.185 e. The van der Waals surface area contributed by atoms with E-state index in [1.54, 1.807) is 6.08 Å². The summed E-state index contributed by atoms with van der Waals surface area (Å²) in [4.78, 5) is 21.0. The number of carbonyl (C=O) groups is 2. The van der Waals surface area contributed by atoms with Gasteiger partial charge in [-0.1, -0.05) is 23.9 Å². The van der Waals surface area contributed by atoms with E-state index in [-0.39, 0.29) is 22.5 Å². The number of thioether (sulfide) groups is 1.